The largest absolute Gasteiger partial charge is 0.479 e. The van der Waals surface area contributed by atoms with Crippen LogP contribution in [0.4, 0.5) is 5.69 Å². The summed E-state index contributed by atoms with van der Waals surface area (Å²) < 4.78 is 67.6. The summed E-state index contributed by atoms with van der Waals surface area (Å²) >= 11 is 0. The molecule has 1 fully saturated rings. The van der Waals surface area contributed by atoms with Crippen molar-refractivity contribution in [1.82, 2.24) is 25.6 Å². The molecule has 0 saturated carbocycles. The first-order valence-electron chi connectivity index (χ1n) is 23.1. The first-order valence-corrected chi connectivity index (χ1v) is 23.1. The fraction of sp³-hybridized carbons (Fsp3) is 0.750. The second-order valence-electron chi connectivity index (χ2n) is 15.8. The molecule has 1 aliphatic heterocycles. The number of anilines is 1. The fourth-order valence-electron chi connectivity index (χ4n) is 5.78. The molecule has 25 nitrogen and oxygen atoms in total. The zero-order valence-corrected chi connectivity index (χ0v) is 40.2. The van der Waals surface area contributed by atoms with E-state index < -0.39 is 61.7 Å². The van der Waals surface area contributed by atoms with Gasteiger partial charge in [-0.15, -0.1) is 5.10 Å². The highest BCUT2D eigenvalue weighted by atomic mass is 16.7. The van der Waals surface area contributed by atoms with Crippen LogP contribution in [-0.4, -0.2) is 222 Å². The molecule has 394 valence electrons. The van der Waals surface area contributed by atoms with E-state index in [1.54, 1.807) is 10.7 Å². The van der Waals surface area contributed by atoms with Crippen molar-refractivity contribution in [2.75, 3.05) is 131 Å². The number of rotatable bonds is 41. The van der Waals surface area contributed by atoms with Crippen LogP contribution in [0.15, 0.2) is 24.4 Å². The third-order valence-electron chi connectivity index (χ3n) is 9.34. The molecule has 1 aromatic carbocycles. The highest BCUT2D eigenvalue weighted by Gasteiger charge is 2.48. The van der Waals surface area contributed by atoms with E-state index in [-0.39, 0.29) is 37.3 Å². The van der Waals surface area contributed by atoms with Crippen LogP contribution in [0.25, 0.3) is 0 Å². The number of aliphatic carboxylic acids is 1. The minimum atomic E-state index is -1.91. The lowest BCUT2D eigenvalue weighted by molar-refractivity contribution is -0.271. The molecule has 7 N–H and O–H groups in total. The number of ether oxygens (including phenoxy) is 12. The van der Waals surface area contributed by atoms with Crippen molar-refractivity contribution in [3.63, 3.8) is 0 Å². The summed E-state index contributed by atoms with van der Waals surface area (Å²) in [6.07, 6.45) is -7.40. The Morgan fingerprint density at radius 1 is 0.696 bits per heavy atom. The number of carboxylic acids is 1. The predicted octanol–water partition coefficient (Wildman–Crippen LogP) is -1.12. The smallest absolute Gasteiger partial charge is 0.335 e. The van der Waals surface area contributed by atoms with Crippen LogP contribution in [0, 0.1) is 0 Å². The van der Waals surface area contributed by atoms with Crippen molar-refractivity contribution >= 4 is 23.5 Å². The fourth-order valence-corrected chi connectivity index (χ4v) is 5.78. The molecule has 25 heteroatoms. The minimum absolute atomic E-state index is 0.0540. The van der Waals surface area contributed by atoms with Gasteiger partial charge in [-0.3, -0.25) is 9.59 Å². The molecule has 0 bridgehead atoms. The number of hydrogen-bond acceptors (Lipinski definition) is 21. The van der Waals surface area contributed by atoms with Gasteiger partial charge < -0.3 is 93.2 Å². The highest BCUT2D eigenvalue weighted by molar-refractivity contribution is 5.93. The number of aliphatic hydroxyl groups excluding tert-OH is 3. The molecule has 1 aromatic heterocycles. The van der Waals surface area contributed by atoms with Crippen LogP contribution < -0.4 is 20.7 Å². The minimum Gasteiger partial charge on any atom is -0.479 e. The third-order valence-corrected chi connectivity index (χ3v) is 9.34. The molecule has 69 heavy (non-hydrogen) atoms. The number of carbonyl (C=O) groups is 3. The van der Waals surface area contributed by atoms with Gasteiger partial charge in [-0.2, -0.15) is 0 Å². The van der Waals surface area contributed by atoms with E-state index in [4.69, 9.17) is 56.8 Å². The van der Waals surface area contributed by atoms with Crippen molar-refractivity contribution < 1.29 is 91.7 Å². The maximum absolute atomic E-state index is 12.8. The molecule has 1 saturated heterocycles. The van der Waals surface area contributed by atoms with Crippen LogP contribution >= 0.6 is 0 Å². The van der Waals surface area contributed by atoms with Gasteiger partial charge >= 0.3 is 5.97 Å². The average molecular weight is 991 g/mol. The summed E-state index contributed by atoms with van der Waals surface area (Å²) in [5.74, 6) is -2.78. The van der Waals surface area contributed by atoms with Crippen LogP contribution in [0.5, 0.6) is 5.75 Å². The van der Waals surface area contributed by atoms with Crippen molar-refractivity contribution in [2.24, 2.45) is 0 Å². The van der Waals surface area contributed by atoms with Gasteiger partial charge in [0.2, 0.25) is 18.1 Å². The Labute approximate surface area is 402 Å². The Hall–Kier alpha value is -4.03. The van der Waals surface area contributed by atoms with Gasteiger partial charge in [0.1, 0.15) is 37.3 Å². The SMILES string of the molecule is CC(C)NCc1cn(CCOCCOCCOCCOCCOCCOCCOCCOCCNC(=O)COCC(=O)Nc2cc(COC(C)C)ccc2O[C@@H]2O[C@H](C(=O)O)[C@@H](O)[C@H](O)[C@H]2O)nn1. The summed E-state index contributed by atoms with van der Waals surface area (Å²) in [7, 11) is 0. The van der Waals surface area contributed by atoms with Crippen molar-refractivity contribution in [1.29, 1.82) is 0 Å². The topological polar surface area (TPSA) is 310 Å². The number of nitrogens with one attached hydrogen (secondary N) is 3. The predicted molar refractivity (Wildman–Crippen MR) is 242 cm³/mol. The molecule has 2 aromatic rings. The quantitative estimate of drug-likeness (QED) is 0.0388. The summed E-state index contributed by atoms with van der Waals surface area (Å²) in [4.78, 5) is 36.5. The third kappa shape index (κ3) is 26.7. The molecule has 2 amide bonds. The summed E-state index contributed by atoms with van der Waals surface area (Å²) in [6, 6.07) is 4.96. The van der Waals surface area contributed by atoms with Gasteiger partial charge in [-0.25, -0.2) is 9.48 Å². The Kier molecular flexibility index (Phi) is 30.9. The van der Waals surface area contributed by atoms with E-state index in [0.717, 1.165) is 5.69 Å². The number of carbonyl (C=O) groups excluding carboxylic acids is 2. The van der Waals surface area contributed by atoms with Crippen LogP contribution in [0.2, 0.25) is 0 Å². The maximum Gasteiger partial charge on any atom is 0.335 e. The standard InChI is InChI=1S/C44H74N6O19/c1-31(2)46-26-34-27-50(49-48-34)8-10-59-12-14-61-16-18-63-20-22-65-24-23-64-21-19-62-17-15-60-13-11-58-9-7-45-37(51)29-66-30-38(52)47-35-25-33(28-67-32(3)4)5-6-36(35)68-44-41(55)39(53)40(54)42(69-44)43(56)57/h5-6,25,27,31-32,39-42,44,46,53-55H,7-24,26,28-30H2,1-4H3,(H,45,51)(H,47,52)(H,56,57)/t39-,40-,41+,42-,44+/m0/s1. The Morgan fingerprint density at radius 2 is 1.23 bits per heavy atom. The molecule has 3 rings (SSSR count). The first kappa shape index (κ1) is 59.3. The number of aromatic nitrogens is 3. The van der Waals surface area contributed by atoms with E-state index in [1.165, 1.54) is 12.1 Å². The maximum atomic E-state index is 12.8. The summed E-state index contributed by atoms with van der Waals surface area (Å²) in [6.45, 7) is 15.3. The molecule has 2 heterocycles. The zero-order chi connectivity index (χ0) is 50.1. The second kappa shape index (κ2) is 36.0. The zero-order valence-electron chi connectivity index (χ0n) is 40.2. The number of nitrogens with zero attached hydrogens (tertiary/aromatic N) is 3. The molecule has 1 aliphatic rings. The number of amides is 2. The van der Waals surface area contributed by atoms with E-state index in [1.807, 2.05) is 20.0 Å². The highest BCUT2D eigenvalue weighted by Crippen LogP contribution is 2.31. The summed E-state index contributed by atoms with van der Waals surface area (Å²) in [5.41, 5.74) is 1.61. The molecule has 5 atom stereocenters. The Bertz CT molecular complexity index is 1690. The monoisotopic (exact) mass is 991 g/mol. The van der Waals surface area contributed by atoms with Crippen molar-refractivity contribution in [3.05, 3.63) is 35.7 Å². The van der Waals surface area contributed by atoms with E-state index in [0.29, 0.717) is 124 Å². The Balaban J connectivity index is 1.08. The normalized spacial score (nSPS) is 18.2. The van der Waals surface area contributed by atoms with Gasteiger partial charge in [-0.05, 0) is 31.5 Å². The molecule has 0 unspecified atom stereocenters. The average Bonchev–Trinajstić information content (AvgIpc) is 3.78. The van der Waals surface area contributed by atoms with Gasteiger partial charge in [-0.1, -0.05) is 25.1 Å². The molecular formula is C44H74N6O19. The van der Waals surface area contributed by atoms with Crippen LogP contribution in [-0.2, 0) is 86.2 Å². The molecule has 0 aliphatic carbocycles. The number of aliphatic hydroxyl groups is 3. The van der Waals surface area contributed by atoms with Crippen LogP contribution in [0.1, 0.15) is 39.0 Å². The first-order chi connectivity index (χ1) is 33.3. The van der Waals surface area contributed by atoms with E-state index >= 15 is 0 Å². The number of hydrogen-bond donors (Lipinski definition) is 7. The molecule has 0 radical (unpaired) electrons. The second-order valence-corrected chi connectivity index (χ2v) is 15.8. The molecule has 0 spiro atoms. The lowest BCUT2D eigenvalue weighted by atomic mass is 9.99. The van der Waals surface area contributed by atoms with Gasteiger partial charge in [0.25, 0.3) is 0 Å². The van der Waals surface area contributed by atoms with Crippen molar-refractivity contribution in [3.8, 4) is 5.75 Å². The molecular weight excluding hydrogens is 917 g/mol. The van der Waals surface area contributed by atoms with Crippen LogP contribution in [0.3, 0.4) is 0 Å². The van der Waals surface area contributed by atoms with E-state index in [9.17, 15) is 34.8 Å². The summed E-state index contributed by atoms with van der Waals surface area (Å²) in [5, 5.41) is 56.7. The van der Waals surface area contributed by atoms with Gasteiger partial charge in [0.15, 0.2) is 6.10 Å². The lowest BCUT2D eigenvalue weighted by Gasteiger charge is -2.38. The van der Waals surface area contributed by atoms with Gasteiger partial charge in [0.05, 0.1) is 136 Å². The van der Waals surface area contributed by atoms with Gasteiger partial charge in [0, 0.05) is 25.3 Å². The number of benzene rings is 1. The number of carboxylic acid groups (broad SMARTS) is 1. The Morgan fingerprint density at radius 3 is 1.77 bits per heavy atom. The van der Waals surface area contributed by atoms with E-state index in [2.05, 4.69) is 40.1 Å². The van der Waals surface area contributed by atoms with Crippen molar-refractivity contribution in [2.45, 2.75) is 90.2 Å². The lowest BCUT2D eigenvalue weighted by Crippen LogP contribution is -2.61.